The van der Waals surface area contributed by atoms with Crippen molar-refractivity contribution in [1.29, 1.82) is 0 Å². The minimum Gasteiger partial charge on any atom is -0.445 e. The van der Waals surface area contributed by atoms with Crippen LogP contribution in [0.2, 0.25) is 0 Å². The molecule has 1 aromatic carbocycles. The number of alkyl carbamates (subject to hydrolysis) is 1. The number of carbonyl (C=O) groups is 4. The van der Waals surface area contributed by atoms with Crippen molar-refractivity contribution in [3.63, 3.8) is 0 Å². The highest BCUT2D eigenvalue weighted by Gasteiger charge is 2.30. The van der Waals surface area contributed by atoms with Crippen LogP contribution in [0, 0.1) is 11.8 Å². The Bertz CT molecular complexity index is 770. The molecule has 34 heavy (non-hydrogen) atoms. The highest BCUT2D eigenvalue weighted by Crippen LogP contribution is 2.10. The summed E-state index contributed by atoms with van der Waals surface area (Å²) in [5, 5.41) is 8.05. The maximum Gasteiger partial charge on any atom is 0.408 e. The molecular weight excluding hydrogens is 436 g/mol. The number of hydrogen-bond acceptors (Lipinski definition) is 6. The third-order valence-corrected chi connectivity index (χ3v) is 5.24. The molecule has 0 radical (unpaired) electrons. The van der Waals surface area contributed by atoms with Gasteiger partial charge in [0, 0.05) is 0 Å². The third-order valence-electron chi connectivity index (χ3n) is 5.24. The predicted octanol–water partition coefficient (Wildman–Crippen LogP) is 2.28. The molecule has 0 fully saturated rings. The topological polar surface area (TPSA) is 140 Å². The van der Waals surface area contributed by atoms with Crippen LogP contribution >= 0.6 is 0 Å². The van der Waals surface area contributed by atoms with Crippen LogP contribution in [0.15, 0.2) is 30.3 Å². The number of unbranched alkanes of at least 4 members (excludes halogenated alkanes) is 1. The normalized spacial score (nSPS) is 13.6. The SMILES string of the molecule is CC(C)C[C@H](NC(=O)OCc1ccccc1)C(=O)N[C@H](C(=O)NC(C=O)CCCCN)C(C)C. The van der Waals surface area contributed by atoms with Crippen LogP contribution in [0.5, 0.6) is 0 Å². The lowest BCUT2D eigenvalue weighted by molar-refractivity contribution is -0.132. The van der Waals surface area contributed by atoms with E-state index in [4.69, 9.17) is 10.5 Å². The zero-order valence-electron chi connectivity index (χ0n) is 20.7. The molecule has 9 heteroatoms. The highest BCUT2D eigenvalue weighted by molar-refractivity contribution is 5.92. The summed E-state index contributed by atoms with van der Waals surface area (Å²) in [6, 6.07) is 6.84. The fourth-order valence-corrected chi connectivity index (χ4v) is 3.35. The fraction of sp³-hybridized carbons (Fsp3) is 0.600. The predicted molar refractivity (Wildman–Crippen MR) is 131 cm³/mol. The Morgan fingerprint density at radius 2 is 1.65 bits per heavy atom. The Morgan fingerprint density at radius 1 is 0.971 bits per heavy atom. The largest absolute Gasteiger partial charge is 0.445 e. The number of amides is 3. The molecule has 0 saturated carbocycles. The summed E-state index contributed by atoms with van der Waals surface area (Å²) in [6.45, 7) is 8.06. The molecule has 0 spiro atoms. The van der Waals surface area contributed by atoms with Crippen LogP contribution < -0.4 is 21.7 Å². The second kappa shape index (κ2) is 15.8. The molecule has 1 rings (SSSR count). The number of nitrogens with one attached hydrogen (secondary N) is 3. The van der Waals surface area contributed by atoms with Crippen LogP contribution in [0.1, 0.15) is 58.9 Å². The minimum absolute atomic E-state index is 0.0803. The van der Waals surface area contributed by atoms with Crippen molar-refractivity contribution in [2.24, 2.45) is 17.6 Å². The molecule has 9 nitrogen and oxygen atoms in total. The van der Waals surface area contributed by atoms with Crippen LogP contribution in [0.25, 0.3) is 0 Å². The molecular formula is C25H40N4O5. The summed E-state index contributed by atoms with van der Waals surface area (Å²) in [7, 11) is 0. The van der Waals surface area contributed by atoms with Gasteiger partial charge in [-0.05, 0) is 49.6 Å². The number of aldehydes is 1. The second-order valence-electron chi connectivity index (χ2n) is 9.15. The zero-order valence-corrected chi connectivity index (χ0v) is 20.7. The van der Waals surface area contributed by atoms with E-state index >= 15 is 0 Å². The molecule has 3 amide bonds. The van der Waals surface area contributed by atoms with Gasteiger partial charge in [0.25, 0.3) is 0 Å². The summed E-state index contributed by atoms with van der Waals surface area (Å²) >= 11 is 0. The van der Waals surface area contributed by atoms with Crippen molar-refractivity contribution in [1.82, 2.24) is 16.0 Å². The Kier molecular flexibility index (Phi) is 13.5. The van der Waals surface area contributed by atoms with E-state index in [1.807, 2.05) is 44.2 Å². The first kappa shape index (κ1) is 29.1. The average Bonchev–Trinajstić information content (AvgIpc) is 2.80. The van der Waals surface area contributed by atoms with E-state index in [1.54, 1.807) is 13.8 Å². The molecule has 3 atom stereocenters. The van der Waals surface area contributed by atoms with Gasteiger partial charge in [0.15, 0.2) is 0 Å². The Balaban J connectivity index is 2.77. The van der Waals surface area contributed by atoms with Gasteiger partial charge in [0.2, 0.25) is 11.8 Å². The van der Waals surface area contributed by atoms with Crippen molar-refractivity contribution in [3.8, 4) is 0 Å². The van der Waals surface area contributed by atoms with Crippen molar-refractivity contribution in [3.05, 3.63) is 35.9 Å². The van der Waals surface area contributed by atoms with E-state index in [1.165, 1.54) is 0 Å². The number of carbonyl (C=O) groups excluding carboxylic acids is 4. The number of nitrogens with two attached hydrogens (primary N) is 1. The van der Waals surface area contributed by atoms with Gasteiger partial charge in [-0.3, -0.25) is 9.59 Å². The first-order chi connectivity index (χ1) is 16.2. The molecule has 0 aromatic heterocycles. The van der Waals surface area contributed by atoms with Crippen LogP contribution in [0.4, 0.5) is 4.79 Å². The minimum atomic E-state index is -0.872. The Morgan fingerprint density at radius 3 is 2.21 bits per heavy atom. The first-order valence-corrected chi connectivity index (χ1v) is 11.9. The first-order valence-electron chi connectivity index (χ1n) is 11.9. The molecule has 0 aliphatic carbocycles. The van der Waals surface area contributed by atoms with Gasteiger partial charge in [0.05, 0.1) is 6.04 Å². The monoisotopic (exact) mass is 476 g/mol. The van der Waals surface area contributed by atoms with Gasteiger partial charge in [0.1, 0.15) is 25.0 Å². The van der Waals surface area contributed by atoms with E-state index in [9.17, 15) is 19.2 Å². The van der Waals surface area contributed by atoms with Gasteiger partial charge in [-0.1, -0.05) is 58.0 Å². The maximum absolute atomic E-state index is 13.0. The lowest BCUT2D eigenvalue weighted by Gasteiger charge is -2.27. The number of hydrogen-bond donors (Lipinski definition) is 4. The fourth-order valence-electron chi connectivity index (χ4n) is 3.35. The summed E-state index contributed by atoms with van der Waals surface area (Å²) < 4.78 is 5.25. The number of rotatable bonds is 15. The molecule has 0 aliphatic heterocycles. The highest BCUT2D eigenvalue weighted by atomic mass is 16.5. The van der Waals surface area contributed by atoms with Gasteiger partial charge >= 0.3 is 6.09 Å². The number of ether oxygens (including phenoxy) is 1. The molecule has 0 saturated heterocycles. The molecule has 0 heterocycles. The standard InChI is InChI=1S/C25H40N4O5/c1-17(2)14-21(28-25(33)34-16-19-10-6-5-7-11-19)23(31)29-22(18(3)4)24(32)27-20(15-30)12-8-9-13-26/h5-7,10-11,15,17-18,20-22H,8-9,12-14,16,26H2,1-4H3,(H,27,32)(H,28,33)(H,29,31)/t20?,21-,22-/m0/s1. The van der Waals surface area contributed by atoms with Crippen molar-refractivity contribution >= 4 is 24.2 Å². The summed E-state index contributed by atoms with van der Waals surface area (Å²) in [5.74, 6) is -1.04. The van der Waals surface area contributed by atoms with Crippen molar-refractivity contribution in [2.75, 3.05) is 6.54 Å². The Labute approximate surface area is 202 Å². The zero-order chi connectivity index (χ0) is 25.5. The van der Waals surface area contributed by atoms with Gasteiger partial charge in [-0.15, -0.1) is 0 Å². The lowest BCUT2D eigenvalue weighted by atomic mass is 9.99. The number of benzene rings is 1. The maximum atomic E-state index is 13.0. The van der Waals surface area contributed by atoms with E-state index < -0.39 is 36.0 Å². The van der Waals surface area contributed by atoms with E-state index in [0.717, 1.165) is 12.0 Å². The van der Waals surface area contributed by atoms with Crippen LogP contribution in [0.3, 0.4) is 0 Å². The smallest absolute Gasteiger partial charge is 0.408 e. The average molecular weight is 477 g/mol. The second-order valence-corrected chi connectivity index (χ2v) is 9.15. The van der Waals surface area contributed by atoms with Crippen LogP contribution in [-0.4, -0.2) is 48.9 Å². The lowest BCUT2D eigenvalue weighted by Crippen LogP contribution is -2.57. The summed E-state index contributed by atoms with van der Waals surface area (Å²) in [6.07, 6.45) is 2.30. The van der Waals surface area contributed by atoms with Crippen LogP contribution in [-0.2, 0) is 25.7 Å². The summed E-state index contributed by atoms with van der Waals surface area (Å²) in [5.41, 5.74) is 6.31. The van der Waals surface area contributed by atoms with E-state index in [0.29, 0.717) is 32.1 Å². The van der Waals surface area contributed by atoms with Gasteiger partial charge < -0.3 is 31.2 Å². The quantitative estimate of drug-likeness (QED) is 0.226. The van der Waals surface area contributed by atoms with Crippen molar-refractivity contribution in [2.45, 2.75) is 78.1 Å². The van der Waals surface area contributed by atoms with E-state index in [2.05, 4.69) is 16.0 Å². The molecule has 0 bridgehead atoms. The van der Waals surface area contributed by atoms with Crippen molar-refractivity contribution < 1.29 is 23.9 Å². The Hall–Kier alpha value is -2.94. The molecule has 1 unspecified atom stereocenters. The molecule has 0 aliphatic rings. The van der Waals surface area contributed by atoms with E-state index in [-0.39, 0.29) is 18.4 Å². The summed E-state index contributed by atoms with van der Waals surface area (Å²) in [4.78, 5) is 49.6. The third kappa shape index (κ3) is 11.3. The molecule has 190 valence electrons. The van der Waals surface area contributed by atoms with Gasteiger partial charge in [-0.2, -0.15) is 0 Å². The van der Waals surface area contributed by atoms with Gasteiger partial charge in [-0.25, -0.2) is 4.79 Å². The molecule has 1 aromatic rings. The molecule has 5 N–H and O–H groups in total.